The van der Waals surface area contributed by atoms with Crippen molar-refractivity contribution in [3.8, 4) is 0 Å². The summed E-state index contributed by atoms with van der Waals surface area (Å²) in [5.41, 5.74) is 2.50. The average molecular weight is 294 g/mol. The molecule has 0 fully saturated rings. The van der Waals surface area contributed by atoms with Crippen LogP contribution in [0.5, 0.6) is 0 Å². The van der Waals surface area contributed by atoms with Crippen LogP contribution in [-0.4, -0.2) is 11.1 Å². The van der Waals surface area contributed by atoms with Gasteiger partial charge in [0.2, 0.25) is 0 Å². The largest absolute Gasteiger partial charge is 0.478 e. The Bertz CT molecular complexity index is 557. The van der Waals surface area contributed by atoms with Crippen LogP contribution >= 0.6 is 0 Å². The average Bonchev–Trinajstić information content (AvgIpc) is 2.58. The van der Waals surface area contributed by atoms with Crippen molar-refractivity contribution in [2.45, 2.75) is 6.42 Å². The molecule has 2 rings (SSSR count). The summed E-state index contributed by atoms with van der Waals surface area (Å²) in [5.74, 6) is -0.981. The summed E-state index contributed by atoms with van der Waals surface area (Å²) >= 11 is 0. The van der Waals surface area contributed by atoms with E-state index in [1.807, 2.05) is 60.7 Å². The lowest BCUT2D eigenvalue weighted by atomic mass is 10.2. The molecule has 2 heteroatoms. The summed E-state index contributed by atoms with van der Waals surface area (Å²) < 4.78 is 0. The number of rotatable bonds is 4. The lowest BCUT2D eigenvalue weighted by molar-refractivity contribution is -0.131. The molecule has 0 heterocycles. The molecule has 0 bridgehead atoms. The first-order valence-electron chi connectivity index (χ1n) is 6.81. The Labute approximate surface area is 132 Å². The van der Waals surface area contributed by atoms with Crippen molar-refractivity contribution < 1.29 is 9.90 Å². The van der Waals surface area contributed by atoms with Gasteiger partial charge in [-0.15, -0.1) is 6.58 Å². The van der Waals surface area contributed by atoms with Crippen LogP contribution in [0.1, 0.15) is 11.1 Å². The second-order valence-electron chi connectivity index (χ2n) is 4.14. The second kappa shape index (κ2) is 13.1. The Morgan fingerprint density at radius 2 is 1.36 bits per heavy atom. The zero-order valence-electron chi connectivity index (χ0n) is 12.7. The summed E-state index contributed by atoms with van der Waals surface area (Å²) in [7, 11) is 0. The normalized spacial score (nSPS) is 8.18. The van der Waals surface area contributed by atoms with Crippen LogP contribution in [0, 0.1) is 0 Å². The number of benzene rings is 2. The van der Waals surface area contributed by atoms with E-state index >= 15 is 0 Å². The Kier molecular flexibility index (Phi) is 11.4. The zero-order valence-corrected chi connectivity index (χ0v) is 12.7. The molecule has 0 aliphatic heterocycles. The van der Waals surface area contributed by atoms with Gasteiger partial charge in [-0.2, -0.15) is 0 Å². The molecule has 2 aromatic carbocycles. The Balaban J connectivity index is 0.000000315. The maximum absolute atomic E-state index is 9.25. The second-order valence-corrected chi connectivity index (χ2v) is 4.14. The van der Waals surface area contributed by atoms with Gasteiger partial charge in [-0.1, -0.05) is 86.0 Å². The molecule has 0 saturated heterocycles. The van der Waals surface area contributed by atoms with Crippen molar-refractivity contribution in [2.24, 2.45) is 0 Å². The number of carboxylic acid groups (broad SMARTS) is 1. The predicted octanol–water partition coefficient (Wildman–Crippen LogP) is 5.00. The van der Waals surface area contributed by atoms with E-state index in [4.69, 9.17) is 5.11 Å². The topological polar surface area (TPSA) is 37.3 Å². The van der Waals surface area contributed by atoms with E-state index in [-0.39, 0.29) is 0 Å². The third-order valence-corrected chi connectivity index (χ3v) is 2.43. The summed E-state index contributed by atoms with van der Waals surface area (Å²) in [6.45, 7) is 10.2. The first kappa shape index (κ1) is 19.1. The number of hydrogen-bond donors (Lipinski definition) is 1. The summed E-state index contributed by atoms with van der Waals surface area (Å²) in [4.78, 5) is 9.25. The molecule has 0 radical (unpaired) electrons. The molecule has 2 nitrogen and oxygen atoms in total. The Morgan fingerprint density at radius 3 is 1.68 bits per heavy atom. The van der Waals surface area contributed by atoms with Gasteiger partial charge in [0.25, 0.3) is 0 Å². The highest BCUT2D eigenvalue weighted by atomic mass is 16.4. The molecule has 0 amide bonds. The van der Waals surface area contributed by atoms with Crippen LogP contribution < -0.4 is 0 Å². The molecule has 114 valence electrons. The van der Waals surface area contributed by atoms with E-state index in [0.717, 1.165) is 12.5 Å². The van der Waals surface area contributed by atoms with E-state index < -0.39 is 5.97 Å². The minimum atomic E-state index is -0.981. The van der Waals surface area contributed by atoms with Gasteiger partial charge < -0.3 is 5.11 Å². The molecule has 22 heavy (non-hydrogen) atoms. The molecule has 2 aromatic rings. The van der Waals surface area contributed by atoms with Crippen molar-refractivity contribution in [1.29, 1.82) is 0 Å². The summed E-state index contributed by atoms with van der Waals surface area (Å²) in [5, 5.41) is 7.60. The Hall–Kier alpha value is -2.87. The van der Waals surface area contributed by atoms with Gasteiger partial charge in [-0.25, -0.2) is 4.79 Å². The van der Waals surface area contributed by atoms with E-state index in [0.29, 0.717) is 0 Å². The molecule has 0 spiro atoms. The van der Waals surface area contributed by atoms with Gasteiger partial charge in [-0.3, -0.25) is 0 Å². The van der Waals surface area contributed by atoms with Crippen LogP contribution in [0.2, 0.25) is 0 Å². The monoisotopic (exact) mass is 294 g/mol. The van der Waals surface area contributed by atoms with Crippen molar-refractivity contribution >= 4 is 12.0 Å². The van der Waals surface area contributed by atoms with E-state index in [2.05, 4.69) is 31.9 Å². The van der Waals surface area contributed by atoms with Gasteiger partial charge in [0, 0.05) is 6.08 Å². The van der Waals surface area contributed by atoms with Gasteiger partial charge in [-0.05, 0) is 17.5 Å². The third-order valence-electron chi connectivity index (χ3n) is 2.43. The van der Waals surface area contributed by atoms with Crippen molar-refractivity contribution in [1.82, 2.24) is 0 Å². The fourth-order valence-corrected chi connectivity index (χ4v) is 1.37. The van der Waals surface area contributed by atoms with Crippen LogP contribution in [0.15, 0.2) is 92.6 Å². The summed E-state index contributed by atoms with van der Waals surface area (Å²) in [6.07, 6.45) is 5.55. The van der Waals surface area contributed by atoms with E-state index in [1.165, 1.54) is 11.1 Å². The smallest absolute Gasteiger partial charge is 0.327 e. The number of hydrogen-bond acceptors (Lipinski definition) is 1. The first-order chi connectivity index (χ1) is 10.6. The molecule has 0 unspecified atom stereocenters. The summed E-state index contributed by atoms with van der Waals surface area (Å²) in [6, 6.07) is 20.3. The standard InChI is InChI=1S/C9H10.C8H8.C3H4O2/c1-2-6-9-7-4-3-5-8-9;1-2-8-6-4-3-5-7-8;1-2-3(4)5/h2-5,7-8H,1,6H2;2-7H,1H2;2H,1H2,(H,4,5). The molecule has 0 saturated carbocycles. The fraction of sp³-hybridized carbons (Fsp3) is 0.0500. The van der Waals surface area contributed by atoms with Crippen molar-refractivity contribution in [3.63, 3.8) is 0 Å². The zero-order chi connectivity index (χ0) is 16.6. The lowest BCUT2D eigenvalue weighted by Crippen LogP contribution is -1.82. The molecule has 1 N–H and O–H groups in total. The van der Waals surface area contributed by atoms with Crippen LogP contribution in [0.4, 0.5) is 0 Å². The number of carbonyl (C=O) groups is 1. The number of aliphatic carboxylic acids is 1. The number of allylic oxidation sites excluding steroid dienone is 1. The van der Waals surface area contributed by atoms with Crippen LogP contribution in [0.3, 0.4) is 0 Å². The predicted molar refractivity (Wildman–Crippen MR) is 94.7 cm³/mol. The van der Waals surface area contributed by atoms with E-state index in [9.17, 15) is 4.79 Å². The maximum Gasteiger partial charge on any atom is 0.327 e. The minimum absolute atomic E-state index is 0.833. The lowest BCUT2D eigenvalue weighted by Gasteiger charge is -1.91. The van der Waals surface area contributed by atoms with Crippen LogP contribution in [-0.2, 0) is 11.2 Å². The first-order valence-corrected chi connectivity index (χ1v) is 6.81. The Morgan fingerprint density at radius 1 is 0.909 bits per heavy atom. The molecule has 0 aliphatic carbocycles. The highest BCUT2D eigenvalue weighted by Gasteiger charge is 1.82. The maximum atomic E-state index is 9.25. The van der Waals surface area contributed by atoms with Crippen molar-refractivity contribution in [3.05, 3.63) is 104 Å². The SMILES string of the molecule is C=CC(=O)O.C=CCc1ccccc1.C=Cc1ccccc1. The highest BCUT2D eigenvalue weighted by Crippen LogP contribution is 1.98. The quantitative estimate of drug-likeness (QED) is 0.636. The minimum Gasteiger partial charge on any atom is -0.478 e. The molecular weight excluding hydrogens is 272 g/mol. The molecule has 0 aromatic heterocycles. The van der Waals surface area contributed by atoms with Gasteiger partial charge in [0.05, 0.1) is 0 Å². The van der Waals surface area contributed by atoms with Crippen molar-refractivity contribution in [2.75, 3.05) is 0 Å². The third kappa shape index (κ3) is 11.0. The van der Waals surface area contributed by atoms with E-state index in [1.54, 1.807) is 0 Å². The van der Waals surface area contributed by atoms with Gasteiger partial charge in [0.1, 0.15) is 0 Å². The van der Waals surface area contributed by atoms with Crippen LogP contribution in [0.25, 0.3) is 6.08 Å². The molecule has 0 atom stereocenters. The molecule has 0 aliphatic rings. The van der Waals surface area contributed by atoms with Gasteiger partial charge >= 0.3 is 5.97 Å². The highest BCUT2D eigenvalue weighted by molar-refractivity contribution is 5.78. The van der Waals surface area contributed by atoms with Gasteiger partial charge in [0.15, 0.2) is 0 Å². The number of carboxylic acids is 1. The molecular formula is C20H22O2. The fourth-order valence-electron chi connectivity index (χ4n) is 1.37.